The van der Waals surface area contributed by atoms with Crippen LogP contribution in [0.15, 0.2) is 0 Å². The zero-order chi connectivity index (χ0) is 15.0. The normalized spacial score (nSPS) is 30.2. The number of urea groups is 1. The maximum atomic E-state index is 12.3. The minimum atomic E-state index is -1.48. The van der Waals surface area contributed by atoms with Gasteiger partial charge in [0.1, 0.15) is 0 Å². The number of imide groups is 2. The van der Waals surface area contributed by atoms with E-state index in [0.717, 1.165) is 6.42 Å². The Balaban J connectivity index is 3.19. The summed E-state index contributed by atoms with van der Waals surface area (Å²) in [6, 6.07) is -2.27. The van der Waals surface area contributed by atoms with Gasteiger partial charge in [-0.2, -0.15) is 4.48 Å². The second-order valence-electron chi connectivity index (χ2n) is 4.79. The van der Waals surface area contributed by atoms with E-state index in [1.54, 1.807) is 0 Å². The summed E-state index contributed by atoms with van der Waals surface area (Å²) in [6.45, 7) is 4.06. The maximum absolute atomic E-state index is 12.3. The van der Waals surface area contributed by atoms with E-state index >= 15 is 0 Å². The van der Waals surface area contributed by atoms with E-state index < -0.39 is 28.4 Å². The molecule has 0 saturated carbocycles. The highest BCUT2D eigenvalue weighted by molar-refractivity contribution is 6.40. The van der Waals surface area contributed by atoms with Crippen LogP contribution in [0.1, 0.15) is 20.3 Å². The molecule has 9 heteroatoms. The van der Waals surface area contributed by atoms with Crippen LogP contribution in [0, 0.1) is 5.92 Å². The molecule has 1 fully saturated rings. The molecular formula is C10H15Cl3N3O3+. The Hall–Kier alpha value is -0.400. The molecule has 0 N–H and O–H groups in total. The van der Waals surface area contributed by atoms with Crippen LogP contribution >= 0.6 is 35.3 Å². The molecule has 1 heterocycles. The number of carbonyl (C=O) groups is 3. The molecule has 1 rings (SSSR count). The van der Waals surface area contributed by atoms with Gasteiger partial charge in [0.2, 0.25) is 6.04 Å². The van der Waals surface area contributed by atoms with Crippen LogP contribution in [0.4, 0.5) is 4.79 Å². The predicted molar refractivity (Wildman–Crippen MR) is 70.9 cm³/mol. The van der Waals surface area contributed by atoms with Crippen molar-refractivity contribution in [2.45, 2.75) is 26.3 Å². The van der Waals surface area contributed by atoms with Gasteiger partial charge in [-0.1, -0.05) is 13.8 Å². The number of barbiturate groups is 1. The summed E-state index contributed by atoms with van der Waals surface area (Å²) in [5.41, 5.74) is 0. The third-order valence-electron chi connectivity index (χ3n) is 3.31. The van der Waals surface area contributed by atoms with Gasteiger partial charge in [-0.25, -0.2) is 9.59 Å². The molecule has 4 amide bonds. The van der Waals surface area contributed by atoms with Gasteiger partial charge in [-0.15, -0.1) is 8.36 Å². The van der Waals surface area contributed by atoms with E-state index in [-0.39, 0.29) is 12.5 Å². The number of amides is 4. The Morgan fingerprint density at radius 2 is 1.89 bits per heavy atom. The molecule has 108 valence electrons. The van der Waals surface area contributed by atoms with Crippen LogP contribution in [-0.4, -0.2) is 50.3 Å². The molecule has 1 aliphatic heterocycles. The van der Waals surface area contributed by atoms with Crippen molar-refractivity contribution >= 4 is 53.2 Å². The lowest BCUT2D eigenvalue weighted by Gasteiger charge is -2.38. The number of hydrogen-bond donors (Lipinski definition) is 0. The fourth-order valence-electron chi connectivity index (χ4n) is 1.95. The van der Waals surface area contributed by atoms with Crippen molar-refractivity contribution in [3.05, 3.63) is 0 Å². The molecular weight excluding hydrogens is 316 g/mol. The number of rotatable bonds is 4. The first-order valence-corrected chi connectivity index (χ1v) is 6.73. The molecule has 3 unspecified atom stereocenters. The molecule has 1 saturated heterocycles. The van der Waals surface area contributed by atoms with Crippen molar-refractivity contribution in [2.24, 2.45) is 5.92 Å². The number of carbonyl (C=O) groups excluding carboxylic acids is 3. The Morgan fingerprint density at radius 1 is 1.37 bits per heavy atom. The van der Waals surface area contributed by atoms with Crippen LogP contribution in [0.25, 0.3) is 0 Å². The minimum absolute atomic E-state index is 0.0934. The largest absolute Gasteiger partial charge is 0.448 e. The summed E-state index contributed by atoms with van der Waals surface area (Å²) in [7, 11) is 1.41. The molecule has 0 aromatic rings. The third kappa shape index (κ3) is 2.87. The maximum Gasteiger partial charge on any atom is 0.448 e. The fraction of sp³-hybridized carbons (Fsp3) is 0.700. The van der Waals surface area contributed by atoms with Crippen LogP contribution in [0.5, 0.6) is 0 Å². The van der Waals surface area contributed by atoms with Gasteiger partial charge >= 0.3 is 11.9 Å². The van der Waals surface area contributed by atoms with Gasteiger partial charge in [0, 0.05) is 17.7 Å². The molecule has 0 spiro atoms. The monoisotopic (exact) mass is 330 g/mol. The molecule has 6 nitrogen and oxygen atoms in total. The van der Waals surface area contributed by atoms with E-state index in [4.69, 9.17) is 35.3 Å². The van der Waals surface area contributed by atoms with Crippen molar-refractivity contribution in [3.63, 3.8) is 0 Å². The van der Waals surface area contributed by atoms with E-state index in [1.807, 2.05) is 13.8 Å². The number of nitrogens with zero attached hydrogens (tertiary/aromatic N) is 3. The minimum Gasteiger partial charge on any atom is -0.270 e. The first kappa shape index (κ1) is 16.7. The van der Waals surface area contributed by atoms with Crippen molar-refractivity contribution in [3.8, 4) is 0 Å². The topological polar surface area (TPSA) is 57.7 Å². The first-order valence-electron chi connectivity index (χ1n) is 5.71. The Kier molecular flexibility index (Phi) is 5.20. The molecule has 0 radical (unpaired) electrons. The molecule has 1 aliphatic rings. The lowest BCUT2D eigenvalue weighted by Crippen LogP contribution is -2.71. The predicted octanol–water partition coefficient (Wildman–Crippen LogP) is 2.10. The molecule has 0 bridgehead atoms. The highest BCUT2D eigenvalue weighted by atomic mass is 35.5. The zero-order valence-corrected chi connectivity index (χ0v) is 13.0. The Bertz CT molecular complexity index is 418. The van der Waals surface area contributed by atoms with Crippen molar-refractivity contribution in [1.29, 1.82) is 0 Å². The average molecular weight is 332 g/mol. The quantitative estimate of drug-likeness (QED) is 0.450. The standard InChI is InChI=1S/C10H15Cl3N3O3/c1-4-6(2)5-16(3)9(18)7(15(12)13)8(17)14(11)10(16)19/h6-7H,4-5H2,1-3H3/q+1. The molecule has 0 aromatic carbocycles. The molecule has 19 heavy (non-hydrogen) atoms. The van der Waals surface area contributed by atoms with Gasteiger partial charge < -0.3 is 0 Å². The van der Waals surface area contributed by atoms with Crippen LogP contribution in [0.3, 0.4) is 0 Å². The number of likely N-dealkylation sites (N-methyl/N-ethyl adjacent to an activating group) is 1. The SMILES string of the molecule is CCC(C)C[N+]1(C)C(=O)C(N(Cl)Cl)C(=O)N(Cl)C1=O. The van der Waals surface area contributed by atoms with Crippen LogP contribution in [0.2, 0.25) is 0 Å². The van der Waals surface area contributed by atoms with Gasteiger partial charge in [0.15, 0.2) is 0 Å². The van der Waals surface area contributed by atoms with Crippen LogP contribution in [-0.2, 0) is 9.59 Å². The van der Waals surface area contributed by atoms with E-state index in [9.17, 15) is 14.4 Å². The highest BCUT2D eigenvalue weighted by Gasteiger charge is 2.59. The van der Waals surface area contributed by atoms with E-state index in [0.29, 0.717) is 8.36 Å². The zero-order valence-electron chi connectivity index (χ0n) is 10.8. The molecule has 0 aliphatic carbocycles. The fourth-order valence-corrected chi connectivity index (χ4v) is 2.55. The van der Waals surface area contributed by atoms with Crippen molar-refractivity contribution < 1.29 is 18.9 Å². The first-order chi connectivity index (χ1) is 8.66. The summed E-state index contributed by atoms with van der Waals surface area (Å²) in [4.78, 5) is 36.2. The summed E-state index contributed by atoms with van der Waals surface area (Å²) < 4.78 is 0.177. The van der Waals surface area contributed by atoms with Crippen molar-refractivity contribution in [1.82, 2.24) is 8.36 Å². The molecule has 0 aromatic heterocycles. The second kappa shape index (κ2) is 5.93. The lowest BCUT2D eigenvalue weighted by atomic mass is 10.1. The van der Waals surface area contributed by atoms with Crippen LogP contribution < -0.4 is 0 Å². The summed E-state index contributed by atoms with van der Waals surface area (Å²) >= 11 is 16.7. The summed E-state index contributed by atoms with van der Waals surface area (Å²) in [6.07, 6.45) is 0.779. The molecule has 3 atom stereocenters. The van der Waals surface area contributed by atoms with Gasteiger partial charge in [-0.05, 0) is 30.0 Å². The summed E-state index contributed by atoms with van der Waals surface area (Å²) in [5, 5.41) is 0. The van der Waals surface area contributed by atoms with Gasteiger partial charge in [-0.3, -0.25) is 4.79 Å². The van der Waals surface area contributed by atoms with Gasteiger partial charge in [0.05, 0.1) is 13.6 Å². The van der Waals surface area contributed by atoms with Crippen molar-refractivity contribution in [2.75, 3.05) is 13.6 Å². The number of hydrogen-bond acceptors (Lipinski definition) is 4. The second-order valence-corrected chi connectivity index (χ2v) is 6.03. The average Bonchev–Trinajstić information content (AvgIpc) is 2.34. The lowest BCUT2D eigenvalue weighted by molar-refractivity contribution is -0.761. The number of halogens is 3. The number of quaternary nitrogens is 1. The smallest absolute Gasteiger partial charge is 0.270 e. The van der Waals surface area contributed by atoms with Gasteiger partial charge in [0.25, 0.3) is 5.91 Å². The Labute approximate surface area is 126 Å². The summed E-state index contributed by atoms with van der Waals surface area (Å²) in [5.74, 6) is -1.53. The van der Waals surface area contributed by atoms with E-state index in [2.05, 4.69) is 0 Å². The third-order valence-corrected chi connectivity index (χ3v) is 4.01. The van der Waals surface area contributed by atoms with E-state index in [1.165, 1.54) is 7.05 Å². The highest BCUT2D eigenvalue weighted by Crippen LogP contribution is 2.28. The Morgan fingerprint density at radius 3 is 2.32 bits per heavy atom.